The summed E-state index contributed by atoms with van der Waals surface area (Å²) in [5, 5.41) is 27.4. The van der Waals surface area contributed by atoms with Crippen LogP contribution in [0.5, 0.6) is 28.7 Å². The number of carbonyl (C=O) groups excluding carboxylic acids is 1. The molecule has 0 radical (unpaired) electrons. The predicted octanol–water partition coefficient (Wildman–Crippen LogP) is 2.46. The molecule has 0 atom stereocenters. The largest absolute Gasteiger partial charge is 0.508 e. The third kappa shape index (κ3) is 3.41. The Morgan fingerprint density at radius 1 is 1.09 bits per heavy atom. The summed E-state index contributed by atoms with van der Waals surface area (Å²) in [4.78, 5) is 11.3. The summed E-state index contributed by atoms with van der Waals surface area (Å²) in [6, 6.07) is 9.29. The number of para-hydroxylation sites is 2. The Bertz CT molecular complexity index is 680. The van der Waals surface area contributed by atoms with Gasteiger partial charge < -0.3 is 24.8 Å². The molecule has 116 valence electrons. The summed E-state index contributed by atoms with van der Waals surface area (Å²) in [6.07, 6.45) is 0.269. The number of hydrogen-bond donors (Lipinski definition) is 3. The fourth-order valence-electron chi connectivity index (χ4n) is 1.99. The van der Waals surface area contributed by atoms with Gasteiger partial charge in [-0.1, -0.05) is 12.1 Å². The van der Waals surface area contributed by atoms with Gasteiger partial charge in [-0.05, 0) is 12.1 Å². The molecule has 0 spiro atoms. The fourth-order valence-corrected chi connectivity index (χ4v) is 1.99. The van der Waals surface area contributed by atoms with E-state index in [1.807, 2.05) is 0 Å². The van der Waals surface area contributed by atoms with Gasteiger partial charge in [0, 0.05) is 18.6 Å². The summed E-state index contributed by atoms with van der Waals surface area (Å²) in [6.45, 7) is 0.300. The second-order valence-corrected chi connectivity index (χ2v) is 4.53. The second-order valence-electron chi connectivity index (χ2n) is 4.53. The van der Waals surface area contributed by atoms with Gasteiger partial charge in [0.2, 0.25) is 0 Å². The van der Waals surface area contributed by atoms with Gasteiger partial charge in [-0.2, -0.15) is 0 Å². The van der Waals surface area contributed by atoms with Crippen molar-refractivity contribution in [3.8, 4) is 28.7 Å². The van der Waals surface area contributed by atoms with E-state index in [9.17, 15) is 9.90 Å². The number of aromatic hydroxyl groups is 3. The third-order valence-electron chi connectivity index (χ3n) is 3.02. The van der Waals surface area contributed by atoms with Crippen molar-refractivity contribution in [2.24, 2.45) is 0 Å². The van der Waals surface area contributed by atoms with Gasteiger partial charge >= 0.3 is 0 Å². The number of Topliss-reactive ketones (excluding diaryl/α,β-unsaturated/α-hetero) is 1. The zero-order valence-corrected chi connectivity index (χ0v) is 11.9. The van der Waals surface area contributed by atoms with Crippen LogP contribution >= 0.6 is 0 Å². The Morgan fingerprint density at radius 3 is 2.45 bits per heavy atom. The van der Waals surface area contributed by atoms with E-state index in [1.54, 1.807) is 24.3 Å². The molecule has 0 aromatic heterocycles. The molecule has 0 unspecified atom stereocenters. The molecule has 0 amide bonds. The van der Waals surface area contributed by atoms with Crippen LogP contribution in [0.3, 0.4) is 0 Å². The first kappa shape index (κ1) is 15.5. The lowest BCUT2D eigenvalue weighted by Crippen LogP contribution is -2.15. The number of carbonyl (C=O) groups is 1. The monoisotopic (exact) mass is 304 g/mol. The summed E-state index contributed by atoms with van der Waals surface area (Å²) in [7, 11) is 1.52. The van der Waals surface area contributed by atoms with Gasteiger partial charge in [0.15, 0.2) is 17.3 Å². The number of ketones is 1. The first-order valence-corrected chi connectivity index (χ1v) is 6.57. The van der Waals surface area contributed by atoms with Crippen molar-refractivity contribution in [2.45, 2.75) is 6.42 Å². The van der Waals surface area contributed by atoms with Gasteiger partial charge in [0.25, 0.3) is 0 Å². The minimum atomic E-state index is -0.222. The van der Waals surface area contributed by atoms with Crippen molar-refractivity contribution in [3.05, 3.63) is 42.0 Å². The lowest BCUT2D eigenvalue weighted by atomic mass is 10.0. The standard InChI is InChI=1S/C9H8O4.C7H8O2/c10-5-3-7(12)9-6(11)1-2-13-8(9)4-5;1-9-7-5-3-2-4-6(7)8/h3-4,10,12H,1-2H2;2-5,8H,1H3. The lowest BCUT2D eigenvalue weighted by molar-refractivity contribution is 0.0929. The van der Waals surface area contributed by atoms with Crippen LogP contribution in [0.4, 0.5) is 0 Å². The maximum atomic E-state index is 11.3. The van der Waals surface area contributed by atoms with Crippen molar-refractivity contribution in [1.29, 1.82) is 0 Å². The quantitative estimate of drug-likeness (QED) is 0.749. The SMILES string of the molecule is COc1ccccc1O.O=C1CCOc2cc(O)cc(O)c21. The normalized spacial score (nSPS) is 12.5. The summed E-state index contributed by atoms with van der Waals surface area (Å²) < 4.78 is 9.91. The third-order valence-corrected chi connectivity index (χ3v) is 3.02. The Kier molecular flexibility index (Phi) is 4.73. The van der Waals surface area contributed by atoms with E-state index in [0.717, 1.165) is 6.07 Å². The van der Waals surface area contributed by atoms with Crippen molar-refractivity contribution in [1.82, 2.24) is 0 Å². The van der Waals surface area contributed by atoms with Crippen molar-refractivity contribution >= 4 is 5.78 Å². The molecule has 2 aromatic carbocycles. The molecule has 1 aliphatic rings. The van der Waals surface area contributed by atoms with Gasteiger partial charge in [0.1, 0.15) is 22.8 Å². The van der Waals surface area contributed by atoms with Crippen LogP contribution < -0.4 is 9.47 Å². The number of rotatable bonds is 1. The van der Waals surface area contributed by atoms with E-state index >= 15 is 0 Å². The zero-order valence-electron chi connectivity index (χ0n) is 11.9. The van der Waals surface area contributed by atoms with Crippen molar-refractivity contribution in [2.75, 3.05) is 13.7 Å². The number of benzene rings is 2. The zero-order chi connectivity index (χ0) is 16.1. The van der Waals surface area contributed by atoms with Crippen LogP contribution in [-0.4, -0.2) is 34.8 Å². The molecule has 3 rings (SSSR count). The van der Waals surface area contributed by atoms with Gasteiger partial charge in [0.05, 0.1) is 13.7 Å². The van der Waals surface area contributed by atoms with Gasteiger partial charge in [-0.3, -0.25) is 4.79 Å². The Labute approximate surface area is 127 Å². The molecule has 0 aliphatic carbocycles. The predicted molar refractivity (Wildman–Crippen MR) is 78.9 cm³/mol. The molecule has 0 fully saturated rings. The van der Waals surface area contributed by atoms with Crippen LogP contribution in [0.15, 0.2) is 36.4 Å². The van der Waals surface area contributed by atoms with E-state index in [2.05, 4.69) is 0 Å². The molecule has 1 aliphatic heterocycles. The molecule has 22 heavy (non-hydrogen) atoms. The molecule has 6 nitrogen and oxygen atoms in total. The van der Waals surface area contributed by atoms with Crippen molar-refractivity contribution < 1.29 is 29.6 Å². The maximum Gasteiger partial charge on any atom is 0.173 e. The fraction of sp³-hybridized carbons (Fsp3) is 0.188. The highest BCUT2D eigenvalue weighted by Gasteiger charge is 2.22. The average molecular weight is 304 g/mol. The summed E-state index contributed by atoms with van der Waals surface area (Å²) in [5.41, 5.74) is 0.170. The number of phenolic OH excluding ortho intramolecular Hbond substituents is 3. The van der Waals surface area contributed by atoms with Crippen LogP contribution in [0.1, 0.15) is 16.8 Å². The van der Waals surface area contributed by atoms with Crippen molar-refractivity contribution in [3.63, 3.8) is 0 Å². The maximum absolute atomic E-state index is 11.3. The first-order chi connectivity index (χ1) is 10.5. The van der Waals surface area contributed by atoms with E-state index in [4.69, 9.17) is 19.7 Å². The Morgan fingerprint density at radius 2 is 1.82 bits per heavy atom. The Balaban J connectivity index is 0.000000172. The highest BCUT2D eigenvalue weighted by molar-refractivity contribution is 6.02. The molecular weight excluding hydrogens is 288 g/mol. The van der Waals surface area contributed by atoms with E-state index in [-0.39, 0.29) is 40.8 Å². The minimum absolute atomic E-state index is 0.106. The van der Waals surface area contributed by atoms with Crippen LogP contribution in [0.2, 0.25) is 0 Å². The van der Waals surface area contributed by atoms with Gasteiger partial charge in [-0.25, -0.2) is 0 Å². The summed E-state index contributed by atoms with van der Waals surface area (Å²) in [5.74, 6) is 0.468. The number of hydrogen-bond acceptors (Lipinski definition) is 6. The van der Waals surface area contributed by atoms with E-state index in [1.165, 1.54) is 13.2 Å². The van der Waals surface area contributed by atoms with Crippen LogP contribution in [0, 0.1) is 0 Å². The molecule has 1 heterocycles. The number of fused-ring (bicyclic) bond motifs is 1. The number of methoxy groups -OCH3 is 1. The molecule has 3 N–H and O–H groups in total. The number of phenols is 3. The highest BCUT2D eigenvalue weighted by Crippen LogP contribution is 2.35. The van der Waals surface area contributed by atoms with E-state index < -0.39 is 0 Å². The lowest BCUT2D eigenvalue weighted by Gasteiger charge is -2.16. The van der Waals surface area contributed by atoms with Crippen LogP contribution in [0.25, 0.3) is 0 Å². The van der Waals surface area contributed by atoms with Crippen LogP contribution in [-0.2, 0) is 0 Å². The molecule has 2 aromatic rings. The molecule has 0 saturated heterocycles. The van der Waals surface area contributed by atoms with Gasteiger partial charge in [-0.15, -0.1) is 0 Å². The summed E-state index contributed by atoms with van der Waals surface area (Å²) >= 11 is 0. The molecule has 6 heteroatoms. The Hall–Kier alpha value is -2.89. The first-order valence-electron chi connectivity index (χ1n) is 6.57. The molecule has 0 bridgehead atoms. The smallest absolute Gasteiger partial charge is 0.173 e. The highest BCUT2D eigenvalue weighted by atomic mass is 16.5. The average Bonchev–Trinajstić information content (AvgIpc) is 2.48. The minimum Gasteiger partial charge on any atom is -0.508 e. The van der Waals surface area contributed by atoms with E-state index in [0.29, 0.717) is 12.4 Å². The second kappa shape index (κ2) is 6.71. The number of ether oxygens (including phenoxy) is 2. The molecular formula is C16H16O6. The molecule has 0 saturated carbocycles. The topological polar surface area (TPSA) is 96.2 Å².